The standard InChI is InChI=1S/C10H11N7O2S/c1-2-8-12-13-10-16(8)14-9(20-10)3-4-15-6-7(5-11-15)17(18)19/h5-6H,2-4H2,1H3. The Morgan fingerprint density at radius 3 is 3.00 bits per heavy atom. The van der Waals surface area contributed by atoms with Crippen molar-refractivity contribution in [2.75, 3.05) is 0 Å². The summed E-state index contributed by atoms with van der Waals surface area (Å²) >= 11 is 1.47. The molecule has 0 saturated heterocycles. The van der Waals surface area contributed by atoms with Crippen LogP contribution >= 0.6 is 11.3 Å². The average Bonchev–Trinajstić information content (AvgIpc) is 3.11. The molecular formula is C10H11N7O2S. The van der Waals surface area contributed by atoms with Gasteiger partial charge in [0.2, 0.25) is 4.96 Å². The number of rotatable bonds is 5. The molecule has 3 aromatic rings. The summed E-state index contributed by atoms with van der Waals surface area (Å²) in [4.78, 5) is 10.9. The third kappa shape index (κ3) is 2.25. The van der Waals surface area contributed by atoms with E-state index in [0.29, 0.717) is 13.0 Å². The number of nitrogens with zero attached hydrogens (tertiary/aromatic N) is 7. The molecule has 9 nitrogen and oxygen atoms in total. The highest BCUT2D eigenvalue weighted by atomic mass is 32.1. The first kappa shape index (κ1) is 12.7. The van der Waals surface area contributed by atoms with Gasteiger partial charge in [0, 0.05) is 19.4 Å². The summed E-state index contributed by atoms with van der Waals surface area (Å²) in [6.45, 7) is 2.54. The predicted molar refractivity (Wildman–Crippen MR) is 70.6 cm³/mol. The molecule has 0 fully saturated rings. The Bertz CT molecular complexity index is 759. The molecular weight excluding hydrogens is 282 g/mol. The largest absolute Gasteiger partial charge is 0.306 e. The van der Waals surface area contributed by atoms with Crippen LogP contribution in [0.25, 0.3) is 4.96 Å². The maximum Gasteiger partial charge on any atom is 0.306 e. The molecule has 0 atom stereocenters. The second-order valence-corrected chi connectivity index (χ2v) is 5.17. The van der Waals surface area contributed by atoms with Crippen molar-refractivity contribution >= 4 is 22.0 Å². The van der Waals surface area contributed by atoms with Crippen LogP contribution in [0.4, 0.5) is 5.69 Å². The van der Waals surface area contributed by atoms with Crippen LogP contribution in [-0.2, 0) is 19.4 Å². The van der Waals surface area contributed by atoms with Gasteiger partial charge < -0.3 is 0 Å². The fourth-order valence-corrected chi connectivity index (χ4v) is 2.64. The topological polar surface area (TPSA) is 104 Å². The number of fused-ring (bicyclic) bond motifs is 1. The van der Waals surface area contributed by atoms with Crippen LogP contribution in [0.5, 0.6) is 0 Å². The van der Waals surface area contributed by atoms with E-state index in [1.54, 1.807) is 9.20 Å². The number of hydrogen-bond donors (Lipinski definition) is 0. The molecule has 10 heteroatoms. The third-order valence-electron chi connectivity index (χ3n) is 2.80. The zero-order valence-corrected chi connectivity index (χ0v) is 11.4. The predicted octanol–water partition coefficient (Wildman–Crippen LogP) is 1.10. The first-order chi connectivity index (χ1) is 9.67. The molecule has 0 bridgehead atoms. The molecule has 3 aromatic heterocycles. The van der Waals surface area contributed by atoms with Crippen molar-refractivity contribution in [3.05, 3.63) is 33.3 Å². The lowest BCUT2D eigenvalue weighted by molar-refractivity contribution is -0.385. The number of nitro groups is 1. The van der Waals surface area contributed by atoms with Gasteiger partial charge in [-0.25, -0.2) is 0 Å². The molecule has 104 valence electrons. The van der Waals surface area contributed by atoms with Gasteiger partial charge in [0.15, 0.2) is 5.82 Å². The van der Waals surface area contributed by atoms with E-state index in [2.05, 4.69) is 20.4 Å². The first-order valence-corrected chi connectivity index (χ1v) is 6.86. The minimum Gasteiger partial charge on any atom is -0.265 e. The fraction of sp³-hybridized carbons (Fsp3) is 0.400. The lowest BCUT2D eigenvalue weighted by atomic mass is 10.4. The van der Waals surface area contributed by atoms with Crippen LogP contribution in [0.1, 0.15) is 17.8 Å². The molecule has 0 radical (unpaired) electrons. The van der Waals surface area contributed by atoms with Gasteiger partial charge in [-0.15, -0.1) is 10.2 Å². The molecule has 20 heavy (non-hydrogen) atoms. The molecule has 3 rings (SSSR count). The smallest absolute Gasteiger partial charge is 0.265 e. The van der Waals surface area contributed by atoms with E-state index in [1.807, 2.05) is 6.92 Å². The maximum absolute atomic E-state index is 10.6. The zero-order chi connectivity index (χ0) is 14.1. The fourth-order valence-electron chi connectivity index (χ4n) is 1.80. The maximum atomic E-state index is 10.6. The molecule has 0 spiro atoms. The minimum atomic E-state index is -0.458. The van der Waals surface area contributed by atoms with E-state index in [1.165, 1.54) is 23.7 Å². The summed E-state index contributed by atoms with van der Waals surface area (Å²) in [6.07, 6.45) is 4.08. The Morgan fingerprint density at radius 1 is 1.45 bits per heavy atom. The quantitative estimate of drug-likeness (QED) is 0.515. The zero-order valence-electron chi connectivity index (χ0n) is 10.6. The summed E-state index contributed by atoms with van der Waals surface area (Å²) in [5, 5.41) is 27.9. The van der Waals surface area contributed by atoms with Gasteiger partial charge >= 0.3 is 5.69 Å². The van der Waals surface area contributed by atoms with Gasteiger partial charge in [-0.2, -0.15) is 14.7 Å². The third-order valence-corrected chi connectivity index (χ3v) is 3.76. The van der Waals surface area contributed by atoms with Gasteiger partial charge in [0.05, 0.1) is 4.92 Å². The first-order valence-electron chi connectivity index (χ1n) is 6.04. The second kappa shape index (κ2) is 4.96. The van der Waals surface area contributed by atoms with Crippen molar-refractivity contribution in [2.45, 2.75) is 26.3 Å². The Labute approximate surface area is 117 Å². The van der Waals surface area contributed by atoms with Gasteiger partial charge in [-0.3, -0.25) is 14.8 Å². The Morgan fingerprint density at radius 2 is 2.30 bits per heavy atom. The van der Waals surface area contributed by atoms with Crippen molar-refractivity contribution < 1.29 is 4.92 Å². The van der Waals surface area contributed by atoms with E-state index in [9.17, 15) is 10.1 Å². The van der Waals surface area contributed by atoms with Crippen LogP contribution in [-0.4, -0.2) is 34.5 Å². The highest BCUT2D eigenvalue weighted by molar-refractivity contribution is 7.16. The summed E-state index contributed by atoms with van der Waals surface area (Å²) < 4.78 is 3.28. The minimum absolute atomic E-state index is 0.00332. The van der Waals surface area contributed by atoms with E-state index in [0.717, 1.165) is 22.2 Å². The molecule has 0 saturated carbocycles. The van der Waals surface area contributed by atoms with E-state index in [-0.39, 0.29) is 5.69 Å². The monoisotopic (exact) mass is 293 g/mol. The lowest BCUT2D eigenvalue weighted by Gasteiger charge is -1.96. The Balaban J connectivity index is 1.72. The molecule has 3 heterocycles. The number of hydrogen-bond acceptors (Lipinski definition) is 7. The van der Waals surface area contributed by atoms with Crippen molar-refractivity contribution in [1.82, 2.24) is 29.6 Å². The molecule has 0 N–H and O–H groups in total. The van der Waals surface area contributed by atoms with Crippen molar-refractivity contribution in [1.29, 1.82) is 0 Å². The van der Waals surface area contributed by atoms with Crippen molar-refractivity contribution in [2.24, 2.45) is 0 Å². The van der Waals surface area contributed by atoms with Crippen LogP contribution in [0.15, 0.2) is 12.4 Å². The second-order valence-electron chi connectivity index (χ2n) is 4.13. The van der Waals surface area contributed by atoms with Gasteiger partial charge in [-0.05, 0) is 0 Å². The van der Waals surface area contributed by atoms with Crippen LogP contribution in [0, 0.1) is 10.1 Å². The summed E-state index contributed by atoms with van der Waals surface area (Å²) in [5.74, 6) is 0.831. The summed E-state index contributed by atoms with van der Waals surface area (Å²) in [6, 6.07) is 0. The Hall–Kier alpha value is -2.36. The van der Waals surface area contributed by atoms with E-state index >= 15 is 0 Å². The van der Waals surface area contributed by atoms with Crippen LogP contribution < -0.4 is 0 Å². The Kier molecular flexibility index (Phi) is 3.14. The number of aryl methyl sites for hydroxylation is 3. The molecule has 0 unspecified atom stereocenters. The van der Waals surface area contributed by atoms with Gasteiger partial charge in [0.1, 0.15) is 17.4 Å². The lowest BCUT2D eigenvalue weighted by Crippen LogP contribution is -2.02. The van der Waals surface area contributed by atoms with Crippen molar-refractivity contribution in [3.8, 4) is 0 Å². The molecule has 0 aromatic carbocycles. The summed E-state index contributed by atoms with van der Waals surface area (Å²) in [5.41, 5.74) is -0.00332. The van der Waals surface area contributed by atoms with E-state index < -0.39 is 4.92 Å². The molecule has 0 amide bonds. The highest BCUT2D eigenvalue weighted by Crippen LogP contribution is 2.15. The summed E-state index contributed by atoms with van der Waals surface area (Å²) in [7, 11) is 0. The van der Waals surface area contributed by atoms with Crippen LogP contribution in [0.3, 0.4) is 0 Å². The van der Waals surface area contributed by atoms with Gasteiger partial charge in [0.25, 0.3) is 0 Å². The highest BCUT2D eigenvalue weighted by Gasteiger charge is 2.12. The SMILES string of the molecule is CCc1nnc2sc(CCn3cc([N+](=O)[O-])cn3)nn12. The normalized spacial score (nSPS) is 11.2. The molecule has 0 aliphatic heterocycles. The molecule has 0 aliphatic carbocycles. The van der Waals surface area contributed by atoms with Crippen LogP contribution in [0.2, 0.25) is 0 Å². The number of aromatic nitrogens is 6. The van der Waals surface area contributed by atoms with E-state index in [4.69, 9.17) is 0 Å². The van der Waals surface area contributed by atoms with Crippen molar-refractivity contribution in [3.63, 3.8) is 0 Å². The average molecular weight is 293 g/mol. The molecule has 0 aliphatic rings. The van der Waals surface area contributed by atoms with Gasteiger partial charge in [-0.1, -0.05) is 18.3 Å².